The van der Waals surface area contributed by atoms with Gasteiger partial charge in [0.2, 0.25) is 11.8 Å². The first-order chi connectivity index (χ1) is 16.5. The Balaban J connectivity index is 2.02. The molecule has 35 heavy (non-hydrogen) atoms. The van der Waals surface area contributed by atoms with Crippen molar-refractivity contribution in [3.05, 3.63) is 106 Å². The molecule has 5 heteroatoms. The summed E-state index contributed by atoms with van der Waals surface area (Å²) in [7, 11) is 0. The van der Waals surface area contributed by atoms with Crippen LogP contribution in [0.25, 0.3) is 0 Å². The Hall–Kier alpha value is -3.11. The highest BCUT2D eigenvalue weighted by Gasteiger charge is 2.32. The topological polar surface area (TPSA) is 49.4 Å². The normalized spacial score (nSPS) is 12.2. The molecule has 0 fully saturated rings. The minimum atomic E-state index is -0.689. The van der Waals surface area contributed by atoms with Gasteiger partial charge in [0.25, 0.3) is 0 Å². The monoisotopic (exact) mass is 490 g/mol. The molecule has 0 bridgehead atoms. The predicted octanol–water partition coefficient (Wildman–Crippen LogP) is 6.05. The van der Waals surface area contributed by atoms with Gasteiger partial charge in [0.05, 0.1) is 6.42 Å². The largest absolute Gasteiger partial charge is 0.350 e. The second-order valence-corrected chi connectivity index (χ2v) is 10.6. The molecule has 0 heterocycles. The zero-order valence-corrected chi connectivity index (χ0v) is 22.0. The van der Waals surface area contributed by atoms with E-state index >= 15 is 0 Å². The molecule has 3 aromatic rings. The first kappa shape index (κ1) is 26.5. The molecular weight excluding hydrogens is 456 g/mol. The third-order valence-electron chi connectivity index (χ3n) is 5.70. The highest BCUT2D eigenvalue weighted by atomic mass is 35.5. The van der Waals surface area contributed by atoms with Crippen molar-refractivity contribution in [1.82, 2.24) is 10.2 Å². The molecule has 0 aliphatic rings. The van der Waals surface area contributed by atoms with Crippen LogP contribution in [0.1, 0.15) is 48.6 Å². The minimum Gasteiger partial charge on any atom is -0.350 e. The number of rotatable bonds is 8. The van der Waals surface area contributed by atoms with Gasteiger partial charge in [-0.3, -0.25) is 9.59 Å². The Labute approximate surface area is 214 Å². The summed E-state index contributed by atoms with van der Waals surface area (Å²) in [6.07, 6.45) is 0.618. The molecule has 1 unspecified atom stereocenters. The zero-order valence-electron chi connectivity index (χ0n) is 21.3. The molecule has 0 saturated carbocycles. The molecule has 1 N–H and O–H groups in total. The molecule has 4 nitrogen and oxygen atoms in total. The molecule has 3 rings (SSSR count). The number of halogens is 1. The number of nitrogens with one attached hydrogen (secondary N) is 1. The number of carbonyl (C=O) groups excluding carboxylic acids is 2. The van der Waals surface area contributed by atoms with Crippen LogP contribution in [0.4, 0.5) is 0 Å². The molecule has 0 aliphatic heterocycles. The highest BCUT2D eigenvalue weighted by Crippen LogP contribution is 2.22. The van der Waals surface area contributed by atoms with E-state index in [4.69, 9.17) is 11.6 Å². The van der Waals surface area contributed by atoms with Crippen LogP contribution in [0.2, 0.25) is 5.02 Å². The van der Waals surface area contributed by atoms with Gasteiger partial charge in [-0.15, -0.1) is 0 Å². The summed E-state index contributed by atoms with van der Waals surface area (Å²) in [5, 5.41) is 3.67. The molecule has 0 radical (unpaired) electrons. The van der Waals surface area contributed by atoms with Gasteiger partial charge in [0.15, 0.2) is 0 Å². The lowest BCUT2D eigenvalue weighted by atomic mass is 9.99. The van der Waals surface area contributed by atoms with E-state index in [9.17, 15) is 9.59 Å². The smallest absolute Gasteiger partial charge is 0.243 e. The van der Waals surface area contributed by atoms with Crippen LogP contribution < -0.4 is 5.32 Å². The van der Waals surface area contributed by atoms with Crippen LogP contribution in [0, 0.1) is 13.8 Å². The minimum absolute atomic E-state index is 0.111. The average molecular weight is 491 g/mol. The SMILES string of the molecule is Cc1cc(C)cc(CC(=O)N(Cc2ccccc2Cl)C(Cc2ccccc2)C(=O)NC(C)(C)C)c1. The Morgan fingerprint density at radius 3 is 2.09 bits per heavy atom. The van der Waals surface area contributed by atoms with E-state index in [-0.39, 0.29) is 24.8 Å². The number of amides is 2. The van der Waals surface area contributed by atoms with Crippen LogP contribution in [0.3, 0.4) is 0 Å². The molecule has 0 saturated heterocycles. The summed E-state index contributed by atoms with van der Waals surface area (Å²) in [5.41, 5.74) is 4.52. The van der Waals surface area contributed by atoms with E-state index in [0.717, 1.165) is 27.8 Å². The summed E-state index contributed by atoms with van der Waals surface area (Å²) < 4.78 is 0. The Morgan fingerprint density at radius 2 is 1.49 bits per heavy atom. The number of benzene rings is 3. The van der Waals surface area contributed by atoms with Crippen molar-refractivity contribution in [2.45, 2.75) is 65.6 Å². The lowest BCUT2D eigenvalue weighted by Gasteiger charge is -2.34. The lowest BCUT2D eigenvalue weighted by molar-refractivity contribution is -0.141. The Kier molecular flexibility index (Phi) is 8.74. The second kappa shape index (κ2) is 11.5. The number of hydrogen-bond donors (Lipinski definition) is 1. The van der Waals surface area contributed by atoms with E-state index in [1.54, 1.807) is 4.90 Å². The van der Waals surface area contributed by atoms with Gasteiger partial charge in [-0.25, -0.2) is 0 Å². The van der Waals surface area contributed by atoms with Crippen molar-refractivity contribution in [2.24, 2.45) is 0 Å². The lowest BCUT2D eigenvalue weighted by Crippen LogP contribution is -2.54. The fourth-order valence-electron chi connectivity index (χ4n) is 4.26. The maximum atomic E-state index is 13.9. The fourth-order valence-corrected chi connectivity index (χ4v) is 4.46. The van der Waals surface area contributed by atoms with Crippen molar-refractivity contribution in [3.63, 3.8) is 0 Å². The number of nitrogens with zero attached hydrogens (tertiary/aromatic N) is 1. The van der Waals surface area contributed by atoms with Crippen molar-refractivity contribution < 1.29 is 9.59 Å². The summed E-state index contributed by atoms with van der Waals surface area (Å²) in [6.45, 7) is 10.1. The van der Waals surface area contributed by atoms with Gasteiger partial charge in [-0.05, 0) is 57.4 Å². The Bertz CT molecular complexity index is 1150. The predicted molar refractivity (Wildman–Crippen MR) is 143 cm³/mol. The summed E-state index contributed by atoms with van der Waals surface area (Å²) in [5.74, 6) is -0.290. The molecule has 0 aromatic heterocycles. The highest BCUT2D eigenvalue weighted by molar-refractivity contribution is 6.31. The van der Waals surface area contributed by atoms with Crippen LogP contribution in [0.5, 0.6) is 0 Å². The summed E-state index contributed by atoms with van der Waals surface area (Å²) in [4.78, 5) is 29.1. The number of carbonyl (C=O) groups is 2. The van der Waals surface area contributed by atoms with Gasteiger partial charge in [0, 0.05) is 23.5 Å². The van der Waals surface area contributed by atoms with E-state index in [0.29, 0.717) is 11.4 Å². The van der Waals surface area contributed by atoms with Crippen LogP contribution in [0.15, 0.2) is 72.8 Å². The number of aryl methyl sites for hydroxylation is 2. The fraction of sp³-hybridized carbons (Fsp3) is 0.333. The third kappa shape index (κ3) is 7.97. The van der Waals surface area contributed by atoms with E-state index in [1.165, 1.54) is 0 Å². The van der Waals surface area contributed by atoms with E-state index in [2.05, 4.69) is 11.4 Å². The van der Waals surface area contributed by atoms with Crippen LogP contribution >= 0.6 is 11.6 Å². The molecule has 184 valence electrons. The van der Waals surface area contributed by atoms with E-state index < -0.39 is 11.6 Å². The molecular formula is C30H35ClN2O2. The van der Waals surface area contributed by atoms with E-state index in [1.807, 2.05) is 101 Å². The van der Waals surface area contributed by atoms with Gasteiger partial charge in [-0.2, -0.15) is 0 Å². The first-order valence-electron chi connectivity index (χ1n) is 12.0. The van der Waals surface area contributed by atoms with Gasteiger partial charge in [0.1, 0.15) is 6.04 Å². The van der Waals surface area contributed by atoms with Gasteiger partial charge in [-0.1, -0.05) is 89.5 Å². The second-order valence-electron chi connectivity index (χ2n) is 10.2. The van der Waals surface area contributed by atoms with Crippen molar-refractivity contribution in [1.29, 1.82) is 0 Å². The van der Waals surface area contributed by atoms with Crippen LogP contribution in [-0.4, -0.2) is 28.3 Å². The summed E-state index contributed by atoms with van der Waals surface area (Å²) in [6, 6.07) is 22.7. The molecule has 0 aliphatic carbocycles. The van der Waals surface area contributed by atoms with Crippen molar-refractivity contribution >= 4 is 23.4 Å². The van der Waals surface area contributed by atoms with Gasteiger partial charge < -0.3 is 10.2 Å². The quantitative estimate of drug-likeness (QED) is 0.417. The van der Waals surface area contributed by atoms with Crippen LogP contribution in [-0.2, 0) is 29.0 Å². The molecule has 1 atom stereocenters. The average Bonchev–Trinajstić information content (AvgIpc) is 2.76. The third-order valence-corrected chi connectivity index (χ3v) is 6.07. The van der Waals surface area contributed by atoms with Crippen molar-refractivity contribution in [2.75, 3.05) is 0 Å². The van der Waals surface area contributed by atoms with Gasteiger partial charge >= 0.3 is 0 Å². The maximum Gasteiger partial charge on any atom is 0.243 e. The first-order valence-corrected chi connectivity index (χ1v) is 12.4. The summed E-state index contributed by atoms with van der Waals surface area (Å²) >= 11 is 6.49. The molecule has 2 amide bonds. The molecule has 0 spiro atoms. The maximum absolute atomic E-state index is 13.9. The zero-order chi connectivity index (χ0) is 25.6. The van der Waals surface area contributed by atoms with Crippen molar-refractivity contribution in [3.8, 4) is 0 Å². The molecule has 3 aromatic carbocycles. The number of hydrogen-bond acceptors (Lipinski definition) is 2. The Morgan fingerprint density at radius 1 is 0.886 bits per heavy atom. The standard InChI is InChI=1S/C30H35ClN2O2/c1-21-15-22(2)17-24(16-21)19-28(34)33(20-25-13-9-10-14-26(25)31)27(29(35)32-30(3,4)5)18-23-11-7-6-8-12-23/h6-17,27H,18-20H2,1-5H3,(H,32,35).